The van der Waals surface area contributed by atoms with Gasteiger partial charge < -0.3 is 5.32 Å². The van der Waals surface area contributed by atoms with Crippen LogP contribution in [0.3, 0.4) is 0 Å². The van der Waals surface area contributed by atoms with Gasteiger partial charge in [0, 0.05) is 26.4 Å². The molecule has 7 rings (SSSR count). The van der Waals surface area contributed by atoms with E-state index in [-0.39, 0.29) is 16.9 Å². The fraction of sp³-hybridized carbons (Fsp3) is 0.333. The maximum atomic E-state index is 13.9. The quantitative estimate of drug-likeness (QED) is 0.365. The molecule has 3 aliphatic rings. The molecule has 0 spiro atoms. The molecule has 2 bridgehead atoms. The Labute approximate surface area is 210 Å². The summed E-state index contributed by atoms with van der Waals surface area (Å²) in [5.41, 5.74) is 3.73. The number of nitrogens with zero attached hydrogens (tertiary/aromatic N) is 2. The lowest BCUT2D eigenvalue weighted by Crippen LogP contribution is -2.58. The first kappa shape index (κ1) is 22.2. The van der Waals surface area contributed by atoms with Crippen LogP contribution in [-0.4, -0.2) is 26.6 Å². The number of hydrogen-bond acceptors (Lipinski definition) is 5. The predicted molar refractivity (Wildman–Crippen MR) is 136 cm³/mol. The zero-order valence-corrected chi connectivity index (χ0v) is 20.9. The molecule has 2 heterocycles. The molecule has 178 valence electrons. The molecule has 2 N–H and O–H groups in total. The van der Waals surface area contributed by atoms with E-state index in [4.69, 9.17) is 9.51 Å². The van der Waals surface area contributed by atoms with Crippen molar-refractivity contribution in [2.24, 2.45) is 0 Å². The number of nitrogens with one attached hydrogen (secondary N) is 2. The van der Waals surface area contributed by atoms with Gasteiger partial charge in [-0.3, -0.25) is 14.3 Å². The fourth-order valence-corrected chi connectivity index (χ4v) is 6.35. The summed E-state index contributed by atoms with van der Waals surface area (Å²) in [6.45, 7) is 1.98. The first-order valence-corrected chi connectivity index (χ1v) is 12.7. The Balaban J connectivity index is 1.36. The summed E-state index contributed by atoms with van der Waals surface area (Å²) in [5.74, 6) is 0.0791. The van der Waals surface area contributed by atoms with E-state index in [9.17, 15) is 9.59 Å². The summed E-state index contributed by atoms with van der Waals surface area (Å²) in [6, 6.07) is 15.9. The third-order valence-electron chi connectivity index (χ3n) is 8.03. The lowest BCUT2D eigenvalue weighted by molar-refractivity contribution is 0.0570. The first-order chi connectivity index (χ1) is 16.9. The van der Waals surface area contributed by atoms with Crippen LogP contribution < -0.4 is 11.1 Å². The molecule has 3 aliphatic carbocycles. The third kappa shape index (κ3) is 3.71. The van der Waals surface area contributed by atoms with Crippen molar-refractivity contribution in [3.8, 4) is 11.3 Å². The van der Waals surface area contributed by atoms with E-state index in [0.717, 1.165) is 70.7 Å². The number of rotatable bonds is 4. The number of aromatic nitrogens is 3. The molecule has 0 aliphatic heterocycles. The monoisotopic (exact) mass is 532 g/mol. The highest BCUT2D eigenvalue weighted by Gasteiger charge is 2.52. The van der Waals surface area contributed by atoms with Crippen molar-refractivity contribution in [2.75, 3.05) is 0 Å². The van der Waals surface area contributed by atoms with Gasteiger partial charge >= 0.3 is 5.76 Å². The molecule has 0 atom stereocenters. The Kier molecular flexibility index (Phi) is 5.18. The Morgan fingerprint density at radius 1 is 1.06 bits per heavy atom. The van der Waals surface area contributed by atoms with Gasteiger partial charge in [-0.25, -0.2) is 9.78 Å². The SMILES string of the molecule is Cc1c(-c2ccccc2)nc2ccc(Br)cc2c1C(=O)NC12CCC(c3noc(=O)[nH]3)(CC1)CC2. The molecule has 4 aromatic rings. The second kappa shape index (κ2) is 8.16. The van der Waals surface area contributed by atoms with E-state index in [2.05, 4.69) is 31.4 Å². The number of amides is 1. The van der Waals surface area contributed by atoms with E-state index in [1.165, 1.54) is 0 Å². The molecule has 0 radical (unpaired) electrons. The van der Waals surface area contributed by atoms with E-state index in [1.807, 2.05) is 55.5 Å². The van der Waals surface area contributed by atoms with Crippen LogP contribution in [-0.2, 0) is 5.41 Å². The number of pyridine rings is 1. The standard InChI is InChI=1S/C27H25BrN4O3/c1-16-21(19-15-18(28)7-8-20(19)29-22(16)17-5-3-2-4-6-17)23(33)31-27-12-9-26(10-13-27,11-14-27)24-30-25(34)35-32-24/h2-8,15H,9-14H2,1H3,(H,31,33)(H,30,32,34). The van der Waals surface area contributed by atoms with Crippen molar-refractivity contribution in [1.82, 2.24) is 20.4 Å². The van der Waals surface area contributed by atoms with Crippen molar-refractivity contribution in [1.29, 1.82) is 0 Å². The average molecular weight is 533 g/mol. The number of carbonyl (C=O) groups excluding carboxylic acids is 1. The molecule has 2 aromatic heterocycles. The van der Waals surface area contributed by atoms with Crippen LogP contribution in [0.1, 0.15) is 60.3 Å². The van der Waals surface area contributed by atoms with Gasteiger partial charge in [0.2, 0.25) is 0 Å². The van der Waals surface area contributed by atoms with Gasteiger partial charge in [-0.15, -0.1) is 0 Å². The predicted octanol–water partition coefficient (Wildman–Crippen LogP) is 5.42. The summed E-state index contributed by atoms with van der Waals surface area (Å²) >= 11 is 3.56. The second-order valence-electron chi connectivity index (χ2n) is 9.95. The lowest BCUT2D eigenvalue weighted by Gasteiger charge is -2.52. The van der Waals surface area contributed by atoms with E-state index in [1.54, 1.807) is 0 Å². The maximum absolute atomic E-state index is 13.9. The van der Waals surface area contributed by atoms with Gasteiger partial charge in [-0.2, -0.15) is 0 Å². The molecule has 8 heteroatoms. The minimum Gasteiger partial charge on any atom is -0.347 e. The number of fused-ring (bicyclic) bond motifs is 4. The molecule has 0 saturated heterocycles. The zero-order valence-electron chi connectivity index (χ0n) is 19.4. The normalized spacial score (nSPS) is 23.5. The van der Waals surface area contributed by atoms with Crippen LogP contribution >= 0.6 is 15.9 Å². The highest BCUT2D eigenvalue weighted by Crippen LogP contribution is 2.52. The van der Waals surface area contributed by atoms with Crippen molar-refractivity contribution in [2.45, 2.75) is 56.4 Å². The molecule has 0 unspecified atom stereocenters. The molecule has 7 nitrogen and oxygen atoms in total. The Morgan fingerprint density at radius 2 is 1.77 bits per heavy atom. The molecular weight excluding hydrogens is 508 g/mol. The van der Waals surface area contributed by atoms with E-state index in [0.29, 0.717) is 11.4 Å². The summed E-state index contributed by atoms with van der Waals surface area (Å²) in [4.78, 5) is 33.1. The topological polar surface area (TPSA) is 101 Å². The summed E-state index contributed by atoms with van der Waals surface area (Å²) < 4.78 is 5.69. The van der Waals surface area contributed by atoms with Crippen LogP contribution in [0.4, 0.5) is 0 Å². The highest BCUT2D eigenvalue weighted by atomic mass is 79.9. The van der Waals surface area contributed by atoms with Crippen LogP contribution in [0.25, 0.3) is 22.2 Å². The lowest BCUT2D eigenvalue weighted by atomic mass is 9.57. The number of halogens is 1. The Morgan fingerprint density at radius 3 is 2.43 bits per heavy atom. The number of benzene rings is 2. The molecule has 2 aromatic carbocycles. The summed E-state index contributed by atoms with van der Waals surface area (Å²) in [6.07, 6.45) is 5.08. The average Bonchev–Trinajstić information content (AvgIpc) is 3.32. The van der Waals surface area contributed by atoms with Crippen LogP contribution in [0, 0.1) is 6.92 Å². The number of hydrogen-bond donors (Lipinski definition) is 2. The van der Waals surface area contributed by atoms with Gasteiger partial charge in [0.15, 0.2) is 5.82 Å². The smallest absolute Gasteiger partial charge is 0.347 e. The van der Waals surface area contributed by atoms with Crippen molar-refractivity contribution in [3.63, 3.8) is 0 Å². The van der Waals surface area contributed by atoms with Gasteiger partial charge in [-0.05, 0) is 69.2 Å². The van der Waals surface area contributed by atoms with Crippen molar-refractivity contribution < 1.29 is 9.32 Å². The van der Waals surface area contributed by atoms with Gasteiger partial charge in [-0.1, -0.05) is 51.4 Å². The Hall–Kier alpha value is -3.26. The molecule has 3 saturated carbocycles. The largest absolute Gasteiger partial charge is 0.438 e. The summed E-state index contributed by atoms with van der Waals surface area (Å²) in [7, 11) is 0. The minimum absolute atomic E-state index is 0.0607. The van der Waals surface area contributed by atoms with Gasteiger partial charge in [0.05, 0.1) is 16.8 Å². The minimum atomic E-state index is -0.509. The molecule has 35 heavy (non-hydrogen) atoms. The third-order valence-corrected chi connectivity index (χ3v) is 8.53. The van der Waals surface area contributed by atoms with E-state index >= 15 is 0 Å². The van der Waals surface area contributed by atoms with Gasteiger partial charge in [0.25, 0.3) is 5.91 Å². The summed E-state index contributed by atoms with van der Waals surface area (Å²) in [5, 5.41) is 8.27. The maximum Gasteiger partial charge on any atom is 0.438 e. The van der Waals surface area contributed by atoms with Crippen molar-refractivity contribution in [3.05, 3.63) is 80.5 Å². The molecular formula is C27H25BrN4O3. The molecule has 1 amide bonds. The van der Waals surface area contributed by atoms with Gasteiger partial charge in [0.1, 0.15) is 0 Å². The number of H-pyrrole nitrogens is 1. The second-order valence-corrected chi connectivity index (χ2v) is 10.9. The van der Waals surface area contributed by atoms with E-state index < -0.39 is 5.76 Å². The highest BCUT2D eigenvalue weighted by molar-refractivity contribution is 9.10. The fourth-order valence-electron chi connectivity index (χ4n) is 5.99. The van der Waals surface area contributed by atoms with Crippen molar-refractivity contribution >= 4 is 32.7 Å². The Bertz CT molecular complexity index is 1480. The van der Waals surface area contributed by atoms with Crippen LogP contribution in [0.5, 0.6) is 0 Å². The number of aromatic amines is 1. The van der Waals surface area contributed by atoms with Crippen LogP contribution in [0.2, 0.25) is 0 Å². The molecule has 3 fully saturated rings. The first-order valence-electron chi connectivity index (χ1n) is 11.9. The van der Waals surface area contributed by atoms with Crippen LogP contribution in [0.15, 0.2) is 62.3 Å². The number of carbonyl (C=O) groups is 1. The zero-order chi connectivity index (χ0) is 24.2.